The van der Waals surface area contributed by atoms with Crippen LogP contribution in [-0.4, -0.2) is 63.5 Å². The summed E-state index contributed by atoms with van der Waals surface area (Å²) in [6.07, 6.45) is 9.74. The van der Waals surface area contributed by atoms with Crippen LogP contribution in [0.1, 0.15) is 84.5 Å². The molecule has 10 nitrogen and oxygen atoms in total. The van der Waals surface area contributed by atoms with E-state index in [0.29, 0.717) is 24.8 Å². The van der Waals surface area contributed by atoms with Gasteiger partial charge in [0.05, 0.1) is 12.6 Å². The van der Waals surface area contributed by atoms with Crippen LogP contribution in [0.4, 0.5) is 0 Å². The average Bonchev–Trinajstić information content (AvgIpc) is 3.22. The zero-order valence-corrected chi connectivity index (χ0v) is 21.6. The summed E-state index contributed by atoms with van der Waals surface area (Å²) in [4.78, 5) is 50.2. The SMILES string of the molecule is CCOC(=O)C(NC(C)C(=O)N1C(C(=O)O)CC2CCCCC21)C(N)(CC1CCCCC1)SN=O. The molecule has 3 aliphatic rings. The van der Waals surface area contributed by atoms with Crippen molar-refractivity contribution in [3.05, 3.63) is 4.91 Å². The molecule has 1 heterocycles. The number of rotatable bonds is 11. The van der Waals surface area contributed by atoms with Crippen LogP contribution in [0.15, 0.2) is 4.58 Å². The summed E-state index contributed by atoms with van der Waals surface area (Å²) < 4.78 is 8.26. The molecule has 11 heteroatoms. The molecule has 198 valence electrons. The fourth-order valence-corrected chi connectivity index (χ4v) is 7.01. The molecule has 35 heavy (non-hydrogen) atoms. The van der Waals surface area contributed by atoms with E-state index in [2.05, 4.69) is 9.90 Å². The number of ether oxygens (including phenoxy) is 1. The number of likely N-dealkylation sites (tertiary alicyclic amines) is 1. The summed E-state index contributed by atoms with van der Waals surface area (Å²) in [5.74, 6) is -1.60. The molecule has 0 aromatic rings. The van der Waals surface area contributed by atoms with E-state index in [9.17, 15) is 24.4 Å². The largest absolute Gasteiger partial charge is 0.480 e. The number of carbonyl (C=O) groups is 3. The van der Waals surface area contributed by atoms with Crippen molar-refractivity contribution in [3.63, 3.8) is 0 Å². The monoisotopic (exact) mass is 512 g/mol. The highest BCUT2D eigenvalue weighted by molar-refractivity contribution is 7.99. The molecule has 1 amide bonds. The number of nitrogens with one attached hydrogen (secondary N) is 1. The van der Waals surface area contributed by atoms with Crippen LogP contribution in [0.2, 0.25) is 0 Å². The van der Waals surface area contributed by atoms with Crippen LogP contribution in [-0.2, 0) is 19.1 Å². The van der Waals surface area contributed by atoms with E-state index in [1.807, 2.05) is 0 Å². The molecule has 3 fully saturated rings. The van der Waals surface area contributed by atoms with Gasteiger partial charge in [-0.1, -0.05) is 44.9 Å². The maximum absolute atomic E-state index is 13.6. The first kappa shape index (κ1) is 27.9. The minimum Gasteiger partial charge on any atom is -0.480 e. The van der Waals surface area contributed by atoms with Gasteiger partial charge in [-0.15, -0.1) is 4.91 Å². The lowest BCUT2D eigenvalue weighted by atomic mass is 9.83. The molecule has 0 aromatic carbocycles. The molecular weight excluding hydrogens is 472 g/mol. The number of aliphatic carboxylic acids is 1. The highest BCUT2D eigenvalue weighted by Gasteiger charge is 2.50. The number of carboxylic acid groups (broad SMARTS) is 1. The minimum absolute atomic E-state index is 0.112. The Kier molecular flexibility index (Phi) is 9.94. The van der Waals surface area contributed by atoms with Crippen LogP contribution in [0.25, 0.3) is 0 Å². The van der Waals surface area contributed by atoms with Crippen molar-refractivity contribution >= 4 is 29.8 Å². The van der Waals surface area contributed by atoms with Crippen molar-refractivity contribution in [2.75, 3.05) is 6.61 Å². The lowest BCUT2D eigenvalue weighted by Gasteiger charge is -2.39. The third-order valence-corrected chi connectivity index (χ3v) is 8.78. The molecule has 6 unspecified atom stereocenters. The lowest BCUT2D eigenvalue weighted by Crippen LogP contribution is -2.64. The Morgan fingerprint density at radius 2 is 1.83 bits per heavy atom. The zero-order valence-electron chi connectivity index (χ0n) is 20.8. The Hall–Kier alpha value is -1.72. The van der Waals surface area contributed by atoms with E-state index in [1.54, 1.807) is 13.8 Å². The summed E-state index contributed by atoms with van der Waals surface area (Å²) in [5, 5.41) is 12.9. The van der Waals surface area contributed by atoms with E-state index >= 15 is 0 Å². The van der Waals surface area contributed by atoms with Crippen molar-refractivity contribution < 1.29 is 24.2 Å². The van der Waals surface area contributed by atoms with Crippen molar-refractivity contribution in [1.82, 2.24) is 10.2 Å². The van der Waals surface area contributed by atoms with Crippen molar-refractivity contribution in [2.24, 2.45) is 22.2 Å². The highest BCUT2D eigenvalue weighted by atomic mass is 32.2. The number of hydrogen-bond donors (Lipinski definition) is 3. The number of nitrogens with two attached hydrogens (primary N) is 1. The number of carboxylic acids is 1. The van der Waals surface area contributed by atoms with Crippen LogP contribution >= 0.6 is 11.9 Å². The number of nitrogens with zero attached hydrogens (tertiary/aromatic N) is 2. The molecule has 2 saturated carbocycles. The van der Waals surface area contributed by atoms with Gasteiger partial charge in [-0.3, -0.25) is 14.9 Å². The number of esters is 1. The molecule has 0 aromatic heterocycles. The Morgan fingerprint density at radius 1 is 1.17 bits per heavy atom. The number of amides is 1. The van der Waals surface area contributed by atoms with E-state index < -0.39 is 34.9 Å². The molecule has 0 spiro atoms. The molecular formula is C24H40N4O6S. The smallest absolute Gasteiger partial charge is 0.326 e. The molecule has 4 N–H and O–H groups in total. The summed E-state index contributed by atoms with van der Waals surface area (Å²) in [7, 11) is 0. The topological polar surface area (TPSA) is 151 Å². The van der Waals surface area contributed by atoms with Gasteiger partial charge in [0.15, 0.2) is 0 Å². The standard InChI is InChI=1S/C24H40N4O6S/c1-3-34-23(32)20(24(25,35-27-33)14-16-9-5-4-6-10-16)26-15(2)21(29)28-18-12-8-7-11-17(18)13-19(28)22(30)31/h15-20,26H,3-14,25H2,1-2H3,(H,30,31). The van der Waals surface area contributed by atoms with E-state index in [4.69, 9.17) is 10.5 Å². The van der Waals surface area contributed by atoms with Crippen LogP contribution in [0.3, 0.4) is 0 Å². The Balaban J connectivity index is 1.82. The molecule has 0 radical (unpaired) electrons. The maximum Gasteiger partial charge on any atom is 0.326 e. The summed E-state index contributed by atoms with van der Waals surface area (Å²) in [5.41, 5.74) is 6.69. The van der Waals surface area contributed by atoms with Gasteiger partial charge in [0.2, 0.25) is 5.91 Å². The van der Waals surface area contributed by atoms with E-state index in [-0.39, 0.29) is 30.4 Å². The fraction of sp³-hybridized carbons (Fsp3) is 0.875. The Labute approximate surface area is 211 Å². The first-order valence-electron chi connectivity index (χ1n) is 13.0. The summed E-state index contributed by atoms with van der Waals surface area (Å²) in [6, 6.07) is -3.04. The third kappa shape index (κ3) is 6.54. The number of carbonyl (C=O) groups excluding carboxylic acids is 2. The van der Waals surface area contributed by atoms with Gasteiger partial charge in [-0.25, -0.2) is 4.79 Å². The van der Waals surface area contributed by atoms with Gasteiger partial charge < -0.3 is 20.5 Å². The average molecular weight is 513 g/mol. The van der Waals surface area contributed by atoms with Crippen LogP contribution in [0, 0.1) is 16.7 Å². The predicted molar refractivity (Wildman–Crippen MR) is 133 cm³/mol. The number of hydrogen-bond acceptors (Lipinski definition) is 9. The molecule has 1 saturated heterocycles. The molecule has 0 bridgehead atoms. The van der Waals surface area contributed by atoms with Crippen molar-refractivity contribution in [2.45, 2.75) is 114 Å². The first-order chi connectivity index (χ1) is 16.7. The lowest BCUT2D eigenvalue weighted by molar-refractivity contribution is -0.152. The Bertz CT molecular complexity index is 779. The second-order valence-electron chi connectivity index (χ2n) is 10.3. The number of nitroso groups, excluding NO2 is 1. The molecule has 1 aliphatic heterocycles. The number of fused-ring (bicyclic) bond motifs is 1. The van der Waals surface area contributed by atoms with E-state index in [1.165, 1.54) is 4.90 Å². The van der Waals surface area contributed by atoms with Crippen molar-refractivity contribution in [3.8, 4) is 0 Å². The maximum atomic E-state index is 13.6. The highest BCUT2D eigenvalue weighted by Crippen LogP contribution is 2.41. The predicted octanol–water partition coefficient (Wildman–Crippen LogP) is 3.18. The minimum atomic E-state index is -1.39. The van der Waals surface area contributed by atoms with Gasteiger partial charge in [-0.05, 0) is 51.4 Å². The summed E-state index contributed by atoms with van der Waals surface area (Å²) >= 11 is 0.609. The van der Waals surface area contributed by atoms with E-state index in [0.717, 1.165) is 57.8 Å². The second kappa shape index (κ2) is 12.5. The van der Waals surface area contributed by atoms with Crippen LogP contribution in [0.5, 0.6) is 0 Å². The summed E-state index contributed by atoms with van der Waals surface area (Å²) in [6.45, 7) is 3.41. The molecule has 6 atom stereocenters. The fourth-order valence-electron chi connectivity index (χ4n) is 6.30. The van der Waals surface area contributed by atoms with Crippen molar-refractivity contribution in [1.29, 1.82) is 0 Å². The Morgan fingerprint density at radius 3 is 2.46 bits per heavy atom. The molecule has 3 rings (SSSR count). The third-order valence-electron chi connectivity index (χ3n) is 7.97. The van der Waals surface area contributed by atoms with Gasteiger partial charge in [0.25, 0.3) is 0 Å². The van der Waals surface area contributed by atoms with Gasteiger partial charge in [0, 0.05) is 22.6 Å². The quantitative estimate of drug-likeness (QED) is 0.164. The second-order valence-corrected chi connectivity index (χ2v) is 11.4. The van der Waals surface area contributed by atoms with Gasteiger partial charge in [-0.2, -0.15) is 0 Å². The normalized spacial score (nSPS) is 28.4. The van der Waals surface area contributed by atoms with Gasteiger partial charge in [0.1, 0.15) is 17.0 Å². The molecule has 2 aliphatic carbocycles. The van der Waals surface area contributed by atoms with Gasteiger partial charge >= 0.3 is 11.9 Å². The van der Waals surface area contributed by atoms with Crippen LogP contribution < -0.4 is 11.1 Å². The first-order valence-corrected chi connectivity index (χ1v) is 13.8. The zero-order chi connectivity index (χ0) is 25.6.